The Hall–Kier alpha value is -1.10. The Morgan fingerprint density at radius 1 is 1.13 bits per heavy atom. The van der Waals surface area contributed by atoms with Crippen LogP contribution < -0.4 is 5.32 Å². The van der Waals surface area contributed by atoms with Crippen molar-refractivity contribution in [2.75, 3.05) is 0 Å². The maximum Gasteiger partial charge on any atom is 0.332 e. The first-order valence-electron chi connectivity index (χ1n) is 5.35. The highest BCUT2D eigenvalue weighted by Gasteiger charge is 2.35. The summed E-state index contributed by atoms with van der Waals surface area (Å²) in [6.45, 7) is 0. The van der Waals surface area contributed by atoms with Gasteiger partial charge in [-0.15, -0.1) is 0 Å². The Morgan fingerprint density at radius 3 is 2.27 bits per heavy atom. The Kier molecular flexibility index (Phi) is 2.90. The van der Waals surface area contributed by atoms with Gasteiger partial charge in [0.05, 0.1) is 0 Å². The molecule has 1 saturated carbocycles. The Balaban J connectivity index is 1.79. The fourth-order valence-electron chi connectivity index (χ4n) is 1.86. The van der Waals surface area contributed by atoms with Gasteiger partial charge < -0.3 is 15.2 Å². The van der Waals surface area contributed by atoms with Crippen LogP contribution in [-0.2, 0) is 14.3 Å². The molecule has 1 aliphatic carbocycles. The SMILES string of the molecule is O=C(O)C1CCC(C(=O)NC2CCC2)O1. The number of rotatable bonds is 3. The number of nitrogens with one attached hydrogen (secondary N) is 1. The molecule has 2 N–H and O–H groups in total. The molecule has 2 rings (SSSR count). The van der Waals surface area contributed by atoms with E-state index in [0.29, 0.717) is 12.8 Å². The molecule has 0 bridgehead atoms. The zero-order valence-electron chi connectivity index (χ0n) is 8.44. The highest BCUT2D eigenvalue weighted by Crippen LogP contribution is 2.22. The molecule has 1 aliphatic heterocycles. The third-order valence-electron chi connectivity index (χ3n) is 3.04. The molecule has 0 spiro atoms. The van der Waals surface area contributed by atoms with Crippen molar-refractivity contribution >= 4 is 11.9 Å². The van der Waals surface area contributed by atoms with Crippen molar-refractivity contribution < 1.29 is 19.4 Å². The zero-order valence-corrected chi connectivity index (χ0v) is 8.44. The minimum absolute atomic E-state index is 0.150. The summed E-state index contributed by atoms with van der Waals surface area (Å²) in [5, 5.41) is 11.6. The molecule has 0 aromatic carbocycles. The van der Waals surface area contributed by atoms with Gasteiger partial charge in [0.15, 0.2) is 6.10 Å². The van der Waals surface area contributed by atoms with Crippen molar-refractivity contribution in [3.63, 3.8) is 0 Å². The summed E-state index contributed by atoms with van der Waals surface area (Å²) < 4.78 is 5.14. The van der Waals surface area contributed by atoms with Crippen LogP contribution in [0.15, 0.2) is 0 Å². The number of carboxylic acids is 1. The fraction of sp³-hybridized carbons (Fsp3) is 0.800. The maximum atomic E-state index is 11.6. The van der Waals surface area contributed by atoms with Gasteiger partial charge in [-0.1, -0.05) is 0 Å². The van der Waals surface area contributed by atoms with Crippen molar-refractivity contribution in [1.29, 1.82) is 0 Å². The van der Waals surface area contributed by atoms with E-state index in [1.54, 1.807) is 0 Å². The van der Waals surface area contributed by atoms with E-state index in [4.69, 9.17) is 9.84 Å². The normalized spacial score (nSPS) is 30.9. The molecule has 1 heterocycles. The summed E-state index contributed by atoms with van der Waals surface area (Å²) in [5.74, 6) is -1.13. The van der Waals surface area contributed by atoms with Gasteiger partial charge in [-0.25, -0.2) is 4.79 Å². The summed E-state index contributed by atoms with van der Waals surface area (Å²) in [7, 11) is 0. The molecule has 5 heteroatoms. The fourth-order valence-corrected chi connectivity index (χ4v) is 1.86. The second-order valence-electron chi connectivity index (χ2n) is 4.17. The van der Waals surface area contributed by atoms with Gasteiger partial charge >= 0.3 is 5.97 Å². The van der Waals surface area contributed by atoms with Crippen molar-refractivity contribution in [2.24, 2.45) is 0 Å². The number of hydrogen-bond acceptors (Lipinski definition) is 3. The lowest BCUT2D eigenvalue weighted by Crippen LogP contribution is -2.44. The van der Waals surface area contributed by atoms with Gasteiger partial charge in [-0.2, -0.15) is 0 Å². The van der Waals surface area contributed by atoms with Gasteiger partial charge in [-0.3, -0.25) is 4.79 Å². The average molecular weight is 213 g/mol. The molecular weight excluding hydrogens is 198 g/mol. The second-order valence-corrected chi connectivity index (χ2v) is 4.17. The third-order valence-corrected chi connectivity index (χ3v) is 3.04. The van der Waals surface area contributed by atoms with E-state index in [1.165, 1.54) is 0 Å². The van der Waals surface area contributed by atoms with E-state index in [1.807, 2.05) is 0 Å². The van der Waals surface area contributed by atoms with E-state index in [9.17, 15) is 9.59 Å². The maximum absolute atomic E-state index is 11.6. The van der Waals surface area contributed by atoms with Gasteiger partial charge in [-0.05, 0) is 32.1 Å². The number of ether oxygens (including phenoxy) is 1. The van der Waals surface area contributed by atoms with Crippen LogP contribution in [0.3, 0.4) is 0 Å². The van der Waals surface area contributed by atoms with Crippen LogP contribution in [-0.4, -0.2) is 35.2 Å². The molecule has 2 unspecified atom stereocenters. The number of carboxylic acid groups (broad SMARTS) is 1. The molecule has 1 amide bonds. The van der Waals surface area contributed by atoms with E-state index < -0.39 is 18.2 Å². The molecule has 84 valence electrons. The Bertz CT molecular complexity index is 275. The number of hydrogen-bond donors (Lipinski definition) is 2. The van der Waals surface area contributed by atoms with Crippen molar-refractivity contribution in [3.8, 4) is 0 Å². The van der Waals surface area contributed by atoms with Gasteiger partial charge in [0, 0.05) is 6.04 Å². The molecule has 2 fully saturated rings. The smallest absolute Gasteiger partial charge is 0.332 e. The third kappa shape index (κ3) is 2.28. The van der Waals surface area contributed by atoms with E-state index in [-0.39, 0.29) is 11.9 Å². The first kappa shape index (κ1) is 10.4. The topological polar surface area (TPSA) is 75.6 Å². The van der Waals surface area contributed by atoms with Gasteiger partial charge in [0.2, 0.25) is 5.91 Å². The minimum atomic E-state index is -0.978. The number of aliphatic carboxylic acids is 1. The van der Waals surface area contributed by atoms with Crippen LogP contribution in [0.2, 0.25) is 0 Å². The summed E-state index contributed by atoms with van der Waals surface area (Å²) in [5.41, 5.74) is 0. The molecule has 15 heavy (non-hydrogen) atoms. The molecule has 2 aliphatic rings. The molecule has 2 atom stereocenters. The molecule has 0 aromatic rings. The second kappa shape index (κ2) is 4.18. The highest BCUT2D eigenvalue weighted by atomic mass is 16.5. The van der Waals surface area contributed by atoms with Crippen LogP contribution >= 0.6 is 0 Å². The lowest BCUT2D eigenvalue weighted by Gasteiger charge is -2.27. The summed E-state index contributed by atoms with van der Waals surface area (Å²) in [6.07, 6.45) is 2.79. The molecular formula is C10H15NO4. The van der Waals surface area contributed by atoms with Gasteiger partial charge in [0.1, 0.15) is 6.10 Å². The van der Waals surface area contributed by atoms with Crippen LogP contribution in [0.5, 0.6) is 0 Å². The number of amides is 1. The first-order valence-corrected chi connectivity index (χ1v) is 5.35. The lowest BCUT2D eigenvalue weighted by molar-refractivity contribution is -0.152. The van der Waals surface area contributed by atoms with E-state index in [2.05, 4.69) is 5.32 Å². The van der Waals surface area contributed by atoms with Crippen LogP contribution in [0.1, 0.15) is 32.1 Å². The summed E-state index contributed by atoms with van der Waals surface area (Å²) >= 11 is 0. The monoisotopic (exact) mass is 213 g/mol. The largest absolute Gasteiger partial charge is 0.479 e. The van der Waals surface area contributed by atoms with Crippen molar-refractivity contribution in [3.05, 3.63) is 0 Å². The van der Waals surface area contributed by atoms with Crippen LogP contribution in [0.4, 0.5) is 0 Å². The summed E-state index contributed by atoms with van der Waals surface area (Å²) in [6, 6.07) is 0.282. The molecule has 1 saturated heterocycles. The Morgan fingerprint density at radius 2 is 1.80 bits per heavy atom. The van der Waals surface area contributed by atoms with Crippen LogP contribution in [0.25, 0.3) is 0 Å². The van der Waals surface area contributed by atoms with E-state index in [0.717, 1.165) is 19.3 Å². The summed E-state index contributed by atoms with van der Waals surface area (Å²) in [4.78, 5) is 22.2. The number of carbonyl (C=O) groups is 2. The molecule has 5 nitrogen and oxygen atoms in total. The van der Waals surface area contributed by atoms with Crippen molar-refractivity contribution in [2.45, 2.75) is 50.4 Å². The highest BCUT2D eigenvalue weighted by molar-refractivity contribution is 5.82. The van der Waals surface area contributed by atoms with Crippen LogP contribution in [0, 0.1) is 0 Å². The van der Waals surface area contributed by atoms with E-state index >= 15 is 0 Å². The van der Waals surface area contributed by atoms with Gasteiger partial charge in [0.25, 0.3) is 0 Å². The molecule has 0 aromatic heterocycles. The predicted molar refractivity (Wildman–Crippen MR) is 51.3 cm³/mol. The predicted octanol–water partition coefficient (Wildman–Crippen LogP) is 0.287. The first-order chi connectivity index (χ1) is 7.16. The standard InChI is InChI=1S/C10H15NO4/c12-9(11-6-2-1-3-6)7-4-5-8(15-7)10(13)14/h6-8H,1-5H2,(H,11,12)(H,13,14). The number of carbonyl (C=O) groups excluding carboxylic acids is 1. The average Bonchev–Trinajstić information content (AvgIpc) is 2.59. The zero-order chi connectivity index (χ0) is 10.8. The molecule has 0 radical (unpaired) electrons. The minimum Gasteiger partial charge on any atom is -0.479 e. The quantitative estimate of drug-likeness (QED) is 0.706. The lowest BCUT2D eigenvalue weighted by atomic mass is 9.93. The Labute approximate surface area is 87.8 Å². The van der Waals surface area contributed by atoms with Crippen molar-refractivity contribution in [1.82, 2.24) is 5.32 Å².